The Morgan fingerprint density at radius 2 is 1.41 bits per heavy atom. The molecule has 2 aromatic carbocycles. The molecule has 0 bridgehead atoms. The van der Waals surface area contributed by atoms with Crippen LogP contribution in [0.4, 0.5) is 22.7 Å². The first-order valence-electron chi connectivity index (χ1n) is 19.3. The number of hydrogen-bond donors (Lipinski definition) is 1. The molecule has 1 N–H and O–H groups in total. The third-order valence-corrected chi connectivity index (χ3v) is 12.2. The number of ether oxygens (including phenoxy) is 1. The second-order valence-electron chi connectivity index (χ2n) is 17.0. The maximum Gasteiger partial charge on any atom is 0.425 e. The van der Waals surface area contributed by atoms with Crippen LogP contribution in [0.5, 0.6) is 5.75 Å². The third kappa shape index (κ3) is 6.79. The number of carbonyl (C=O) groups is 2. The van der Waals surface area contributed by atoms with E-state index in [0.717, 1.165) is 88.9 Å². The van der Waals surface area contributed by atoms with Crippen molar-refractivity contribution >= 4 is 62.9 Å². The number of anilines is 1. The fourth-order valence-electron chi connectivity index (χ4n) is 8.86. The molecule has 4 heterocycles. The number of carboxylic acid groups (broad SMARTS) is 1. The van der Waals surface area contributed by atoms with Gasteiger partial charge in [0.2, 0.25) is 5.69 Å². The van der Waals surface area contributed by atoms with Gasteiger partial charge in [-0.3, -0.25) is 14.8 Å². The van der Waals surface area contributed by atoms with Crippen LogP contribution in [0.15, 0.2) is 58.2 Å². The van der Waals surface area contributed by atoms with Gasteiger partial charge in [0, 0.05) is 74.8 Å². The molecule has 56 heavy (non-hydrogen) atoms. The standard InChI is InChI=1S/C44H54N4O4.O3S/c1-13-15-22-48-30-24-31(52-25-49)37-39(46-27(4)42(37,7)8)36(30)44(11,12)33(48)20-18-16-17-19-32-43(9,10)35-29(47(32)21-14-2)23-28(40(50)51)34-38(35)45-26(3)41(34,5)6;1-4(2)3/h16-20,23-25H,13-15,21-22H2,1-12H3;/p+1. The van der Waals surface area contributed by atoms with Crippen LogP contribution in [-0.2, 0) is 37.1 Å². The molecule has 0 spiro atoms. The average Bonchev–Trinajstić information content (AvgIpc) is 3.65. The van der Waals surface area contributed by atoms with E-state index in [0.29, 0.717) is 17.8 Å². The number of benzene rings is 2. The summed E-state index contributed by atoms with van der Waals surface area (Å²) in [6.07, 6.45) is 13.6. The number of rotatable bonds is 11. The highest BCUT2D eigenvalue weighted by Crippen LogP contribution is 2.58. The Balaban J connectivity index is 0.00000143. The first-order chi connectivity index (χ1) is 26.1. The van der Waals surface area contributed by atoms with Gasteiger partial charge in [0.25, 0.3) is 6.47 Å². The van der Waals surface area contributed by atoms with E-state index in [1.54, 1.807) is 0 Å². The van der Waals surface area contributed by atoms with Gasteiger partial charge in [0.1, 0.15) is 12.3 Å². The van der Waals surface area contributed by atoms with Crippen molar-refractivity contribution < 1.29 is 36.6 Å². The molecular weight excluding hydrogens is 729 g/mol. The zero-order valence-corrected chi connectivity index (χ0v) is 35.6. The molecule has 0 saturated carbocycles. The zero-order valence-electron chi connectivity index (χ0n) is 34.7. The number of carboxylic acids is 1. The van der Waals surface area contributed by atoms with Crippen LogP contribution >= 0.6 is 0 Å². The summed E-state index contributed by atoms with van der Waals surface area (Å²) in [5.41, 5.74) is 10.8. The van der Waals surface area contributed by atoms with Crippen LogP contribution in [0.1, 0.15) is 135 Å². The lowest BCUT2D eigenvalue weighted by atomic mass is 9.75. The summed E-state index contributed by atoms with van der Waals surface area (Å²) in [6, 6.07) is 3.92. The molecule has 0 fully saturated rings. The van der Waals surface area contributed by atoms with Crippen molar-refractivity contribution in [2.45, 2.75) is 124 Å². The van der Waals surface area contributed by atoms with Gasteiger partial charge in [0.15, 0.2) is 5.71 Å². The van der Waals surface area contributed by atoms with Gasteiger partial charge in [-0.2, -0.15) is 4.58 Å². The lowest BCUT2D eigenvalue weighted by Gasteiger charge is -2.26. The van der Waals surface area contributed by atoms with E-state index < -0.39 is 27.4 Å². The Hall–Kier alpha value is -4.97. The van der Waals surface area contributed by atoms with Crippen molar-refractivity contribution in [3.63, 3.8) is 0 Å². The van der Waals surface area contributed by atoms with Gasteiger partial charge in [-0.25, -0.2) is 4.79 Å². The quantitative estimate of drug-likeness (QED) is 0.135. The monoisotopic (exact) mass is 783 g/mol. The van der Waals surface area contributed by atoms with Crippen LogP contribution in [-0.4, -0.2) is 65.0 Å². The van der Waals surface area contributed by atoms with Crippen molar-refractivity contribution in [2.75, 3.05) is 18.0 Å². The predicted octanol–water partition coefficient (Wildman–Crippen LogP) is 9.06. The van der Waals surface area contributed by atoms with Crippen molar-refractivity contribution in [1.29, 1.82) is 0 Å². The summed E-state index contributed by atoms with van der Waals surface area (Å²) in [5, 5.41) is 10.3. The molecule has 0 atom stereocenters. The van der Waals surface area contributed by atoms with Crippen molar-refractivity contribution in [3.05, 3.63) is 76.0 Å². The van der Waals surface area contributed by atoms with E-state index in [1.165, 1.54) is 11.3 Å². The molecule has 11 nitrogen and oxygen atoms in total. The summed E-state index contributed by atoms with van der Waals surface area (Å²) >= 11 is 0. The Labute approximate surface area is 332 Å². The maximum atomic E-state index is 12.6. The molecule has 0 aliphatic carbocycles. The van der Waals surface area contributed by atoms with Gasteiger partial charge < -0.3 is 14.7 Å². The van der Waals surface area contributed by atoms with Gasteiger partial charge in [-0.15, -0.1) is 12.6 Å². The Bertz CT molecular complexity index is 2320. The SMILES string of the molecule is CCCC[N+]1=C(/C=C/C=C/C=C2/N(CCC)c3cc(C(=O)O)c4c(c3C2(C)C)N=C(C)C4(C)C)C(C)(C)c2c1cc(OC=O)c1c2N=C(C)C1(C)C.O=S(=O)=O. The number of aromatic carboxylic acids is 1. The lowest BCUT2D eigenvalue weighted by Crippen LogP contribution is -2.28. The normalized spacial score (nSPS) is 19.7. The maximum absolute atomic E-state index is 12.6. The molecule has 0 amide bonds. The lowest BCUT2D eigenvalue weighted by molar-refractivity contribution is -0.438. The van der Waals surface area contributed by atoms with Crippen LogP contribution in [0.3, 0.4) is 0 Å². The van der Waals surface area contributed by atoms with E-state index in [2.05, 4.69) is 116 Å². The van der Waals surface area contributed by atoms with Crippen molar-refractivity contribution in [2.24, 2.45) is 9.98 Å². The van der Waals surface area contributed by atoms with Gasteiger partial charge in [0.05, 0.1) is 34.0 Å². The van der Waals surface area contributed by atoms with Crippen LogP contribution in [0.2, 0.25) is 0 Å². The highest BCUT2D eigenvalue weighted by atomic mass is 32.2. The number of aliphatic imine (C=N–C) groups is 2. The summed E-state index contributed by atoms with van der Waals surface area (Å²) in [7, 11) is -3.11. The molecule has 0 radical (unpaired) electrons. The largest absolute Gasteiger partial charge is 0.478 e. The van der Waals surface area contributed by atoms with E-state index in [9.17, 15) is 14.7 Å². The van der Waals surface area contributed by atoms with Gasteiger partial charge in [-0.05, 0) is 46.3 Å². The molecule has 298 valence electrons. The van der Waals surface area contributed by atoms with Gasteiger partial charge in [-0.1, -0.05) is 80.0 Å². The van der Waals surface area contributed by atoms with Crippen LogP contribution < -0.4 is 9.64 Å². The number of nitrogens with zero attached hydrogens (tertiary/aromatic N) is 4. The highest BCUT2D eigenvalue weighted by Gasteiger charge is 2.51. The summed E-state index contributed by atoms with van der Waals surface area (Å²) in [6.45, 7) is 27.9. The molecule has 6 rings (SSSR count). The second kappa shape index (κ2) is 15.2. The van der Waals surface area contributed by atoms with Crippen molar-refractivity contribution in [1.82, 2.24) is 0 Å². The Morgan fingerprint density at radius 3 is 1.96 bits per heavy atom. The molecule has 0 unspecified atom stereocenters. The molecule has 0 saturated heterocycles. The third-order valence-electron chi connectivity index (χ3n) is 12.2. The summed E-state index contributed by atoms with van der Waals surface area (Å²) in [5.74, 6) is -0.343. The minimum atomic E-state index is -3.11. The number of fused-ring (bicyclic) bond motifs is 6. The molecule has 4 aliphatic heterocycles. The molecule has 12 heteroatoms. The fraction of sp³-hybridized carbons (Fsp3) is 0.477. The molecule has 4 aliphatic rings. The first kappa shape index (κ1) is 42.2. The van der Waals surface area contributed by atoms with Gasteiger partial charge >= 0.3 is 16.6 Å². The molecular formula is C44H55N4O7S+. The minimum absolute atomic E-state index is 0.334. The molecule has 0 aromatic heterocycles. The minimum Gasteiger partial charge on any atom is -0.478 e. The zero-order chi connectivity index (χ0) is 41.7. The summed E-state index contributed by atoms with van der Waals surface area (Å²) in [4.78, 5) is 36.7. The van der Waals surface area contributed by atoms with E-state index in [1.807, 2.05) is 19.1 Å². The number of allylic oxidation sites excluding steroid dienone is 6. The van der Waals surface area contributed by atoms with Crippen molar-refractivity contribution in [3.8, 4) is 5.75 Å². The number of carbonyl (C=O) groups excluding carboxylic acids is 1. The van der Waals surface area contributed by atoms with Crippen LogP contribution in [0.25, 0.3) is 0 Å². The van der Waals surface area contributed by atoms with E-state index in [4.69, 9.17) is 27.3 Å². The predicted molar refractivity (Wildman–Crippen MR) is 223 cm³/mol. The van der Waals surface area contributed by atoms with E-state index in [-0.39, 0.29) is 10.8 Å². The number of hydrogen-bond acceptors (Lipinski definition) is 9. The topological polar surface area (TPSA) is 146 Å². The smallest absolute Gasteiger partial charge is 0.425 e. The first-order valence-corrected chi connectivity index (χ1v) is 20.3. The summed E-state index contributed by atoms with van der Waals surface area (Å²) < 4.78 is 33.3. The van der Waals surface area contributed by atoms with Crippen LogP contribution in [0, 0.1) is 0 Å². The number of unbranched alkanes of at least 4 members (excludes halogenated alkanes) is 1. The fourth-order valence-corrected chi connectivity index (χ4v) is 8.86. The second-order valence-corrected chi connectivity index (χ2v) is 17.4. The average molecular weight is 784 g/mol. The van der Waals surface area contributed by atoms with E-state index >= 15 is 0 Å². The Kier molecular flexibility index (Phi) is 11.4. The highest BCUT2D eigenvalue weighted by molar-refractivity contribution is 7.59. The Morgan fingerprint density at radius 1 is 0.821 bits per heavy atom. The molecule has 2 aromatic rings.